The van der Waals surface area contributed by atoms with Crippen LogP contribution in [0.5, 0.6) is 0 Å². The van der Waals surface area contributed by atoms with Crippen molar-refractivity contribution in [3.05, 3.63) is 65.9 Å². The highest BCUT2D eigenvalue weighted by Gasteiger charge is 2.51. The number of halogens is 3. The highest BCUT2D eigenvalue weighted by molar-refractivity contribution is 6.62. The molecular formula is C24H27BF3N4O4+. The van der Waals surface area contributed by atoms with E-state index in [9.17, 15) is 18.0 Å². The zero-order valence-corrected chi connectivity index (χ0v) is 20.5. The molecule has 0 saturated carbocycles. The fourth-order valence-corrected chi connectivity index (χ4v) is 3.61. The van der Waals surface area contributed by atoms with Crippen molar-refractivity contribution >= 4 is 30.2 Å². The number of amides is 2. The minimum Gasteiger partial charge on any atom is -0.399 e. The van der Waals surface area contributed by atoms with Gasteiger partial charge in [0.1, 0.15) is 0 Å². The maximum Gasteiger partial charge on any atom is 0.494 e. The van der Waals surface area contributed by atoms with E-state index in [0.717, 1.165) is 23.2 Å². The highest BCUT2D eigenvalue weighted by atomic mass is 19.4. The van der Waals surface area contributed by atoms with Gasteiger partial charge in [0.05, 0.1) is 16.8 Å². The van der Waals surface area contributed by atoms with Crippen molar-refractivity contribution < 1.29 is 36.5 Å². The Balaban J connectivity index is 1.38. The molecule has 1 saturated heterocycles. The molecule has 0 spiro atoms. The molecule has 1 fully saturated rings. The maximum absolute atomic E-state index is 12.9. The molecule has 2 amide bonds. The van der Waals surface area contributed by atoms with Crippen LogP contribution in [-0.4, -0.2) is 29.6 Å². The summed E-state index contributed by atoms with van der Waals surface area (Å²) < 4.78 is 57.4. The number of carbonyl (C=O) groups excluding carboxylic acids is 1. The van der Waals surface area contributed by atoms with Crippen molar-refractivity contribution in [2.75, 3.05) is 10.6 Å². The standard InChI is InChI=1S/C24H26BF3N4O4/c1-15(16-9-11-18(12-10-16)25-35-22(2,3)23(4,5)36-25)32-14-20(34-31-32)30-21(33)29-19-8-6-7-17(13-19)24(26,27)28/h6-15H,1-5H3,(H-,29,30,31,33)/p+1/t15-/m0/s1. The van der Waals surface area contributed by atoms with Crippen LogP contribution < -0.4 is 20.8 Å². The second-order valence-electron chi connectivity index (χ2n) is 9.63. The Kier molecular flexibility index (Phi) is 6.61. The van der Waals surface area contributed by atoms with E-state index in [1.807, 2.05) is 58.9 Å². The topological polar surface area (TPSA) is 89.5 Å². The number of hydrogen-bond acceptors (Lipinski definition) is 5. The average Bonchev–Trinajstić information content (AvgIpc) is 3.34. The fraction of sp³-hybridized carbons (Fsp3) is 0.375. The third kappa shape index (κ3) is 5.39. The van der Waals surface area contributed by atoms with Crippen LogP contribution >= 0.6 is 0 Å². The van der Waals surface area contributed by atoms with Crippen LogP contribution in [-0.2, 0) is 15.5 Å². The molecule has 2 N–H and O–H groups in total. The molecule has 3 aromatic rings. The summed E-state index contributed by atoms with van der Waals surface area (Å²) in [5, 5.41) is 8.71. The van der Waals surface area contributed by atoms with Gasteiger partial charge in [0, 0.05) is 18.2 Å². The van der Waals surface area contributed by atoms with Gasteiger partial charge in [-0.05, 0) is 56.0 Å². The lowest BCUT2D eigenvalue weighted by Crippen LogP contribution is -2.41. The Morgan fingerprint density at radius 1 is 1.03 bits per heavy atom. The van der Waals surface area contributed by atoms with Crippen LogP contribution in [0, 0.1) is 0 Å². The Morgan fingerprint density at radius 3 is 2.28 bits per heavy atom. The summed E-state index contributed by atoms with van der Waals surface area (Å²) in [6.07, 6.45) is -3.03. The molecule has 0 aliphatic carbocycles. The van der Waals surface area contributed by atoms with Crippen molar-refractivity contribution in [3.8, 4) is 0 Å². The zero-order chi connectivity index (χ0) is 26.3. The van der Waals surface area contributed by atoms with E-state index in [4.69, 9.17) is 13.8 Å². The largest absolute Gasteiger partial charge is 0.494 e. The number of nitrogens with one attached hydrogen (secondary N) is 2. The van der Waals surface area contributed by atoms with E-state index < -0.39 is 36.1 Å². The molecule has 1 atom stereocenters. The van der Waals surface area contributed by atoms with Crippen LogP contribution in [0.25, 0.3) is 0 Å². The molecule has 8 nitrogen and oxygen atoms in total. The molecule has 1 aliphatic rings. The van der Waals surface area contributed by atoms with Crippen LogP contribution in [0.1, 0.15) is 51.8 Å². The predicted molar refractivity (Wildman–Crippen MR) is 127 cm³/mol. The molecule has 2 aromatic carbocycles. The number of alkyl halides is 3. The van der Waals surface area contributed by atoms with E-state index in [-0.39, 0.29) is 17.6 Å². The molecular weight excluding hydrogens is 476 g/mol. The monoisotopic (exact) mass is 503 g/mol. The van der Waals surface area contributed by atoms with Crippen molar-refractivity contribution in [3.63, 3.8) is 0 Å². The number of nitrogens with zero attached hydrogens (tertiary/aromatic N) is 2. The molecule has 0 unspecified atom stereocenters. The third-order valence-corrected chi connectivity index (χ3v) is 6.51. The van der Waals surface area contributed by atoms with E-state index in [1.54, 1.807) is 0 Å². The molecule has 1 aromatic heterocycles. The molecule has 12 heteroatoms. The first-order chi connectivity index (χ1) is 16.7. The number of rotatable bonds is 5. The zero-order valence-electron chi connectivity index (χ0n) is 20.5. The average molecular weight is 503 g/mol. The lowest BCUT2D eigenvalue weighted by atomic mass is 9.78. The summed E-state index contributed by atoms with van der Waals surface area (Å²) in [5.41, 5.74) is 0.0758. The van der Waals surface area contributed by atoms with Gasteiger partial charge in [-0.2, -0.15) is 13.2 Å². The number of urea groups is 1. The molecule has 2 heterocycles. The number of aromatic nitrogens is 2. The Bertz CT molecular complexity index is 1230. The number of hydrogen-bond donors (Lipinski definition) is 2. The quantitative estimate of drug-likeness (QED) is 0.395. The summed E-state index contributed by atoms with van der Waals surface area (Å²) >= 11 is 0. The molecule has 0 radical (unpaired) electrons. The minimum absolute atomic E-state index is 0.00910. The first kappa shape index (κ1) is 25.7. The van der Waals surface area contributed by atoms with E-state index in [1.165, 1.54) is 23.0 Å². The summed E-state index contributed by atoms with van der Waals surface area (Å²) in [5.74, 6) is 0.0279. The van der Waals surface area contributed by atoms with Gasteiger partial charge in [-0.25, -0.2) is 4.79 Å². The maximum atomic E-state index is 12.9. The summed E-state index contributed by atoms with van der Waals surface area (Å²) in [6, 6.07) is 11.0. The van der Waals surface area contributed by atoms with Gasteiger partial charge in [0.15, 0.2) is 0 Å². The van der Waals surface area contributed by atoms with Crippen molar-refractivity contribution in [2.45, 2.75) is 58.0 Å². The first-order valence-electron chi connectivity index (χ1n) is 11.3. The Labute approximate surface area is 206 Å². The molecule has 0 bridgehead atoms. The van der Waals surface area contributed by atoms with Crippen molar-refractivity contribution in [1.29, 1.82) is 0 Å². The lowest BCUT2D eigenvalue weighted by molar-refractivity contribution is -0.774. The summed E-state index contributed by atoms with van der Waals surface area (Å²) in [7, 11) is -0.467. The van der Waals surface area contributed by atoms with Gasteiger partial charge < -0.3 is 14.6 Å². The highest BCUT2D eigenvalue weighted by Crippen LogP contribution is 2.36. The molecule has 190 valence electrons. The Morgan fingerprint density at radius 2 is 1.67 bits per heavy atom. The molecule has 4 rings (SSSR count). The SMILES string of the molecule is C[C@@H](c1ccc(B2OC(C)(C)C(C)(C)O2)cc1)[n+]1cc(NC(=O)Nc2cccc(C(F)(F)F)c2)on1. The van der Waals surface area contributed by atoms with Crippen LogP contribution in [0.15, 0.2) is 59.3 Å². The number of benzene rings is 2. The van der Waals surface area contributed by atoms with Crippen LogP contribution in [0.3, 0.4) is 0 Å². The second kappa shape index (κ2) is 9.25. The Hall–Kier alpha value is -3.38. The minimum atomic E-state index is -4.51. The van der Waals surface area contributed by atoms with E-state index in [0.29, 0.717) is 0 Å². The molecule has 1 aliphatic heterocycles. The fourth-order valence-electron chi connectivity index (χ4n) is 3.61. The van der Waals surface area contributed by atoms with E-state index >= 15 is 0 Å². The van der Waals surface area contributed by atoms with Gasteiger partial charge in [-0.3, -0.25) is 9.84 Å². The smallest absolute Gasteiger partial charge is 0.399 e. The van der Waals surface area contributed by atoms with Gasteiger partial charge in [-0.1, -0.05) is 30.3 Å². The number of anilines is 2. The van der Waals surface area contributed by atoms with Crippen LogP contribution in [0.4, 0.5) is 29.5 Å². The van der Waals surface area contributed by atoms with Gasteiger partial charge in [0.25, 0.3) is 6.20 Å². The van der Waals surface area contributed by atoms with Crippen molar-refractivity contribution in [2.24, 2.45) is 0 Å². The summed E-state index contributed by atoms with van der Waals surface area (Å²) in [6.45, 7) is 9.89. The lowest BCUT2D eigenvalue weighted by Gasteiger charge is -2.32. The third-order valence-electron chi connectivity index (χ3n) is 6.51. The van der Waals surface area contributed by atoms with Crippen LogP contribution in [0.2, 0.25) is 0 Å². The van der Waals surface area contributed by atoms with E-state index in [2.05, 4.69) is 15.9 Å². The first-order valence-corrected chi connectivity index (χ1v) is 11.3. The number of carbonyl (C=O) groups is 1. The van der Waals surface area contributed by atoms with Gasteiger partial charge in [-0.15, -0.1) is 0 Å². The molecule has 36 heavy (non-hydrogen) atoms. The summed E-state index contributed by atoms with van der Waals surface area (Å²) in [4.78, 5) is 12.2. The van der Waals surface area contributed by atoms with Gasteiger partial charge >= 0.3 is 25.2 Å². The predicted octanol–water partition coefficient (Wildman–Crippen LogP) is 4.53. The normalized spacial score (nSPS) is 17.6. The second-order valence-corrected chi connectivity index (χ2v) is 9.63. The van der Waals surface area contributed by atoms with Gasteiger partial charge in [0.2, 0.25) is 11.3 Å². The van der Waals surface area contributed by atoms with Crippen molar-refractivity contribution in [1.82, 2.24) is 5.27 Å².